The lowest BCUT2D eigenvalue weighted by Crippen LogP contribution is -2.16. The maximum atomic E-state index is 6.02. The van der Waals surface area contributed by atoms with E-state index in [2.05, 4.69) is 15.5 Å². The Kier molecular flexibility index (Phi) is 4.08. The Balaban J connectivity index is 1.69. The van der Waals surface area contributed by atoms with Gasteiger partial charge in [-0.1, -0.05) is 11.6 Å². The molecule has 3 rings (SSSR count). The van der Waals surface area contributed by atoms with Gasteiger partial charge in [-0.2, -0.15) is 5.10 Å². The molecule has 110 valence electrons. The normalized spacial score (nSPS) is 14.2. The van der Waals surface area contributed by atoms with Crippen LogP contribution in [0.2, 0.25) is 5.02 Å². The summed E-state index contributed by atoms with van der Waals surface area (Å²) < 4.78 is 5.84. The van der Waals surface area contributed by atoms with Gasteiger partial charge in [0.2, 0.25) is 5.88 Å². The van der Waals surface area contributed by atoms with E-state index in [1.807, 2.05) is 38.1 Å². The zero-order valence-corrected chi connectivity index (χ0v) is 12.9. The number of rotatable bonds is 5. The Morgan fingerprint density at radius 3 is 2.48 bits per heavy atom. The summed E-state index contributed by atoms with van der Waals surface area (Å²) in [6.45, 7) is 4.70. The number of halogens is 1. The predicted molar refractivity (Wildman–Crippen MR) is 82.9 cm³/mol. The average molecular weight is 304 g/mol. The molecule has 0 saturated heterocycles. The van der Waals surface area contributed by atoms with Crippen LogP contribution in [0.3, 0.4) is 0 Å². The molecule has 1 heterocycles. The molecule has 1 aliphatic carbocycles. The van der Waals surface area contributed by atoms with Gasteiger partial charge in [0, 0.05) is 23.7 Å². The van der Waals surface area contributed by atoms with Gasteiger partial charge in [-0.05, 0) is 56.0 Å². The number of hydrogen-bond acceptors (Lipinski definition) is 4. The Morgan fingerprint density at radius 1 is 1.19 bits per heavy atom. The van der Waals surface area contributed by atoms with Crippen LogP contribution in [0.1, 0.15) is 29.7 Å². The monoisotopic (exact) mass is 303 g/mol. The molecule has 0 aliphatic heterocycles. The lowest BCUT2D eigenvalue weighted by Gasteiger charge is -2.11. The van der Waals surface area contributed by atoms with Gasteiger partial charge in [0.15, 0.2) is 0 Å². The molecule has 5 heteroatoms. The van der Waals surface area contributed by atoms with Crippen molar-refractivity contribution in [3.05, 3.63) is 46.1 Å². The Bertz CT molecular complexity index is 615. The summed E-state index contributed by atoms with van der Waals surface area (Å²) in [5.74, 6) is 1.29. The van der Waals surface area contributed by atoms with Gasteiger partial charge in [0.25, 0.3) is 0 Å². The first kappa shape index (κ1) is 14.3. The minimum Gasteiger partial charge on any atom is -0.437 e. The molecule has 4 nitrogen and oxygen atoms in total. The Hall–Kier alpha value is -1.65. The van der Waals surface area contributed by atoms with E-state index in [0.717, 1.165) is 29.1 Å². The van der Waals surface area contributed by atoms with E-state index >= 15 is 0 Å². The number of ether oxygens (including phenoxy) is 1. The number of hydrogen-bond donors (Lipinski definition) is 1. The SMILES string of the molecule is Cc1cc(Cl)cc(C)c1Oc1ccc(CNC2CC2)nn1. The van der Waals surface area contributed by atoms with E-state index < -0.39 is 0 Å². The fourth-order valence-electron chi connectivity index (χ4n) is 2.20. The zero-order chi connectivity index (χ0) is 14.8. The molecule has 21 heavy (non-hydrogen) atoms. The molecule has 2 aromatic rings. The molecule has 0 amide bonds. The van der Waals surface area contributed by atoms with Crippen molar-refractivity contribution in [3.8, 4) is 11.6 Å². The topological polar surface area (TPSA) is 47.0 Å². The fourth-order valence-corrected chi connectivity index (χ4v) is 2.52. The summed E-state index contributed by atoms with van der Waals surface area (Å²) in [5, 5.41) is 12.4. The highest BCUT2D eigenvalue weighted by Crippen LogP contribution is 2.30. The van der Waals surface area contributed by atoms with Crippen LogP contribution < -0.4 is 10.1 Å². The molecule has 0 radical (unpaired) electrons. The largest absolute Gasteiger partial charge is 0.437 e. The number of nitrogens with zero attached hydrogens (tertiary/aromatic N) is 2. The molecule has 1 aromatic heterocycles. The maximum Gasteiger partial charge on any atom is 0.238 e. The minimum absolute atomic E-state index is 0.499. The predicted octanol–water partition coefficient (Wildman–Crippen LogP) is 3.79. The average Bonchev–Trinajstić information content (AvgIpc) is 3.26. The van der Waals surface area contributed by atoms with Crippen LogP contribution in [0.25, 0.3) is 0 Å². The highest BCUT2D eigenvalue weighted by atomic mass is 35.5. The molecule has 1 aliphatic rings. The maximum absolute atomic E-state index is 6.02. The Labute approximate surface area is 129 Å². The highest BCUT2D eigenvalue weighted by Gasteiger charge is 2.20. The van der Waals surface area contributed by atoms with E-state index in [1.54, 1.807) is 0 Å². The van der Waals surface area contributed by atoms with Gasteiger partial charge in [-0.15, -0.1) is 5.10 Å². The number of aromatic nitrogens is 2. The van der Waals surface area contributed by atoms with Crippen molar-refractivity contribution in [2.45, 2.75) is 39.3 Å². The van der Waals surface area contributed by atoms with Gasteiger partial charge in [0.1, 0.15) is 5.75 Å². The van der Waals surface area contributed by atoms with Gasteiger partial charge < -0.3 is 10.1 Å². The minimum atomic E-state index is 0.499. The summed E-state index contributed by atoms with van der Waals surface area (Å²) in [4.78, 5) is 0. The van der Waals surface area contributed by atoms with Crippen molar-refractivity contribution in [2.75, 3.05) is 0 Å². The zero-order valence-electron chi connectivity index (χ0n) is 12.2. The first-order valence-electron chi connectivity index (χ1n) is 7.12. The van der Waals surface area contributed by atoms with Crippen molar-refractivity contribution in [2.24, 2.45) is 0 Å². The standard InChI is InChI=1S/C16H18ClN3O/c1-10-7-12(17)8-11(2)16(10)21-15-6-5-14(19-20-15)9-18-13-3-4-13/h5-8,13,18H,3-4,9H2,1-2H3. The van der Waals surface area contributed by atoms with Crippen molar-refractivity contribution < 1.29 is 4.74 Å². The second-order valence-corrected chi connectivity index (χ2v) is 5.93. The molecule has 1 N–H and O–H groups in total. The molecule has 1 fully saturated rings. The molecule has 1 aromatic carbocycles. The van der Waals surface area contributed by atoms with Crippen LogP contribution in [-0.4, -0.2) is 16.2 Å². The summed E-state index contributed by atoms with van der Waals surface area (Å²) in [7, 11) is 0. The second kappa shape index (κ2) is 6.00. The van der Waals surface area contributed by atoms with Gasteiger partial charge in [-0.25, -0.2) is 0 Å². The number of aryl methyl sites for hydroxylation is 2. The third kappa shape index (κ3) is 3.71. The van der Waals surface area contributed by atoms with Crippen molar-refractivity contribution in [1.29, 1.82) is 0 Å². The van der Waals surface area contributed by atoms with E-state index in [4.69, 9.17) is 16.3 Å². The van der Waals surface area contributed by atoms with E-state index in [0.29, 0.717) is 16.9 Å². The van der Waals surface area contributed by atoms with Crippen LogP contribution in [0, 0.1) is 13.8 Å². The summed E-state index contributed by atoms with van der Waals surface area (Å²) in [6, 6.07) is 8.22. The molecule has 0 spiro atoms. The van der Waals surface area contributed by atoms with E-state index in [-0.39, 0.29) is 0 Å². The summed E-state index contributed by atoms with van der Waals surface area (Å²) in [5.41, 5.74) is 2.90. The van der Waals surface area contributed by atoms with Crippen LogP contribution in [-0.2, 0) is 6.54 Å². The van der Waals surface area contributed by atoms with Gasteiger partial charge in [-0.3, -0.25) is 0 Å². The highest BCUT2D eigenvalue weighted by molar-refractivity contribution is 6.30. The van der Waals surface area contributed by atoms with Crippen molar-refractivity contribution in [1.82, 2.24) is 15.5 Å². The van der Waals surface area contributed by atoms with Crippen LogP contribution in [0.4, 0.5) is 0 Å². The fraction of sp³-hybridized carbons (Fsp3) is 0.375. The number of benzene rings is 1. The summed E-state index contributed by atoms with van der Waals surface area (Å²) in [6.07, 6.45) is 2.54. The lowest BCUT2D eigenvalue weighted by molar-refractivity contribution is 0.446. The first-order valence-corrected chi connectivity index (χ1v) is 7.50. The summed E-state index contributed by atoms with van der Waals surface area (Å²) >= 11 is 6.02. The van der Waals surface area contributed by atoms with Crippen molar-refractivity contribution >= 4 is 11.6 Å². The van der Waals surface area contributed by atoms with Gasteiger partial charge in [0.05, 0.1) is 5.69 Å². The molecule has 0 bridgehead atoms. The van der Waals surface area contributed by atoms with Crippen LogP contribution in [0.15, 0.2) is 24.3 Å². The molecular weight excluding hydrogens is 286 g/mol. The van der Waals surface area contributed by atoms with E-state index in [9.17, 15) is 0 Å². The third-order valence-electron chi connectivity index (χ3n) is 3.48. The number of nitrogens with one attached hydrogen (secondary N) is 1. The van der Waals surface area contributed by atoms with Crippen LogP contribution in [0.5, 0.6) is 11.6 Å². The van der Waals surface area contributed by atoms with Crippen molar-refractivity contribution in [3.63, 3.8) is 0 Å². The molecule has 1 saturated carbocycles. The van der Waals surface area contributed by atoms with Gasteiger partial charge >= 0.3 is 0 Å². The Morgan fingerprint density at radius 2 is 1.90 bits per heavy atom. The molecule has 0 unspecified atom stereocenters. The second-order valence-electron chi connectivity index (χ2n) is 5.49. The van der Waals surface area contributed by atoms with E-state index in [1.165, 1.54) is 12.8 Å². The van der Waals surface area contributed by atoms with Crippen LogP contribution >= 0.6 is 11.6 Å². The first-order chi connectivity index (χ1) is 10.1. The third-order valence-corrected chi connectivity index (χ3v) is 3.69. The molecule has 0 atom stereocenters. The lowest BCUT2D eigenvalue weighted by atomic mass is 10.1. The molecular formula is C16H18ClN3O. The quantitative estimate of drug-likeness (QED) is 0.913. The smallest absolute Gasteiger partial charge is 0.238 e.